The Labute approximate surface area is 125 Å². The number of nitrogens with one attached hydrogen (secondary N) is 1. The van der Waals surface area contributed by atoms with E-state index in [4.69, 9.17) is 0 Å². The van der Waals surface area contributed by atoms with Crippen molar-refractivity contribution in [3.05, 3.63) is 71.0 Å². The van der Waals surface area contributed by atoms with Crippen molar-refractivity contribution in [2.45, 2.75) is 27.3 Å². The van der Waals surface area contributed by atoms with Crippen molar-refractivity contribution >= 4 is 16.5 Å². The van der Waals surface area contributed by atoms with E-state index in [1.54, 1.807) is 0 Å². The molecule has 0 aliphatic carbocycles. The van der Waals surface area contributed by atoms with Crippen LogP contribution in [0.5, 0.6) is 0 Å². The molecule has 0 saturated carbocycles. The molecular formula is C19H20N2. The molecule has 0 saturated heterocycles. The zero-order valence-electron chi connectivity index (χ0n) is 12.8. The summed E-state index contributed by atoms with van der Waals surface area (Å²) < 4.78 is 0. The molecule has 0 fully saturated rings. The second-order valence-electron chi connectivity index (χ2n) is 5.63. The maximum absolute atomic E-state index is 4.24. The molecule has 1 N–H and O–H groups in total. The standard InChI is InChI=1S/C19H20N2/c1-13-9-14(2)17(15(3)10-13)12-21-19-6-4-5-16-7-8-20-11-18(16)19/h4-11,21H,12H2,1-3H3. The van der Waals surface area contributed by atoms with Crippen LogP contribution in [0.4, 0.5) is 5.69 Å². The molecule has 0 amide bonds. The van der Waals surface area contributed by atoms with Gasteiger partial charge in [0, 0.05) is 30.0 Å². The van der Waals surface area contributed by atoms with Crippen LogP contribution in [0, 0.1) is 20.8 Å². The number of aromatic nitrogens is 1. The molecule has 2 nitrogen and oxygen atoms in total. The van der Waals surface area contributed by atoms with Gasteiger partial charge in [-0.15, -0.1) is 0 Å². The lowest BCUT2D eigenvalue weighted by atomic mass is 9.99. The van der Waals surface area contributed by atoms with Crippen molar-refractivity contribution in [3.63, 3.8) is 0 Å². The van der Waals surface area contributed by atoms with Crippen molar-refractivity contribution in [1.82, 2.24) is 4.98 Å². The largest absolute Gasteiger partial charge is 0.380 e. The summed E-state index contributed by atoms with van der Waals surface area (Å²) >= 11 is 0. The van der Waals surface area contributed by atoms with Crippen molar-refractivity contribution in [2.75, 3.05) is 5.32 Å². The molecule has 3 rings (SSSR count). The molecule has 0 atom stereocenters. The maximum Gasteiger partial charge on any atom is 0.0438 e. The van der Waals surface area contributed by atoms with Crippen LogP contribution < -0.4 is 5.32 Å². The molecule has 0 aliphatic rings. The van der Waals surface area contributed by atoms with Gasteiger partial charge in [-0.05, 0) is 55.0 Å². The van der Waals surface area contributed by atoms with Crippen LogP contribution in [0.1, 0.15) is 22.3 Å². The molecule has 3 aromatic rings. The molecule has 0 radical (unpaired) electrons. The lowest BCUT2D eigenvalue weighted by Crippen LogP contribution is -2.04. The van der Waals surface area contributed by atoms with E-state index in [9.17, 15) is 0 Å². The maximum atomic E-state index is 4.24. The minimum absolute atomic E-state index is 0.839. The average Bonchev–Trinajstić information content (AvgIpc) is 2.46. The summed E-state index contributed by atoms with van der Waals surface area (Å²) in [6.07, 6.45) is 3.76. The third kappa shape index (κ3) is 2.75. The topological polar surface area (TPSA) is 24.9 Å². The van der Waals surface area contributed by atoms with Crippen LogP contribution in [0.2, 0.25) is 0 Å². The van der Waals surface area contributed by atoms with Gasteiger partial charge in [0.25, 0.3) is 0 Å². The van der Waals surface area contributed by atoms with Gasteiger partial charge in [0.05, 0.1) is 0 Å². The van der Waals surface area contributed by atoms with Gasteiger partial charge in [0.2, 0.25) is 0 Å². The van der Waals surface area contributed by atoms with Crippen LogP contribution in [0.3, 0.4) is 0 Å². The molecule has 0 aliphatic heterocycles. The normalized spacial score (nSPS) is 10.8. The Balaban J connectivity index is 1.91. The minimum Gasteiger partial charge on any atom is -0.380 e. The fourth-order valence-electron chi connectivity index (χ4n) is 2.94. The number of nitrogens with zero attached hydrogens (tertiary/aromatic N) is 1. The fraction of sp³-hybridized carbons (Fsp3) is 0.211. The van der Waals surface area contributed by atoms with Crippen molar-refractivity contribution < 1.29 is 0 Å². The van der Waals surface area contributed by atoms with E-state index in [2.05, 4.69) is 61.4 Å². The Morgan fingerprint density at radius 1 is 1.00 bits per heavy atom. The molecule has 2 aromatic carbocycles. The number of hydrogen-bond acceptors (Lipinski definition) is 2. The molecule has 2 heteroatoms. The number of anilines is 1. The van der Waals surface area contributed by atoms with E-state index in [1.165, 1.54) is 33.0 Å². The van der Waals surface area contributed by atoms with E-state index in [0.717, 1.165) is 12.2 Å². The van der Waals surface area contributed by atoms with E-state index >= 15 is 0 Å². The smallest absolute Gasteiger partial charge is 0.0438 e. The Hall–Kier alpha value is -2.35. The summed E-state index contributed by atoms with van der Waals surface area (Å²) in [4.78, 5) is 4.24. The summed E-state index contributed by atoms with van der Waals surface area (Å²) in [5, 5.41) is 5.95. The van der Waals surface area contributed by atoms with Gasteiger partial charge >= 0.3 is 0 Å². The number of pyridine rings is 1. The molecule has 0 bridgehead atoms. The monoisotopic (exact) mass is 276 g/mol. The average molecular weight is 276 g/mol. The summed E-state index contributed by atoms with van der Waals surface area (Å²) in [6, 6.07) is 12.8. The highest BCUT2D eigenvalue weighted by Crippen LogP contribution is 2.24. The van der Waals surface area contributed by atoms with Crippen molar-refractivity contribution in [3.8, 4) is 0 Å². The predicted octanol–water partition coefficient (Wildman–Crippen LogP) is 4.77. The van der Waals surface area contributed by atoms with Crippen LogP contribution in [-0.2, 0) is 6.54 Å². The Kier molecular flexibility index (Phi) is 3.61. The van der Waals surface area contributed by atoms with Gasteiger partial charge in [0.15, 0.2) is 0 Å². The van der Waals surface area contributed by atoms with E-state index in [0.29, 0.717) is 0 Å². The zero-order valence-corrected chi connectivity index (χ0v) is 12.8. The van der Waals surface area contributed by atoms with Gasteiger partial charge < -0.3 is 5.32 Å². The highest BCUT2D eigenvalue weighted by molar-refractivity contribution is 5.93. The molecule has 0 spiro atoms. The Morgan fingerprint density at radius 3 is 2.52 bits per heavy atom. The third-order valence-corrected chi connectivity index (χ3v) is 3.98. The number of hydrogen-bond donors (Lipinski definition) is 1. The van der Waals surface area contributed by atoms with Crippen LogP contribution >= 0.6 is 0 Å². The Morgan fingerprint density at radius 2 is 1.76 bits per heavy atom. The highest BCUT2D eigenvalue weighted by Gasteiger charge is 2.05. The van der Waals surface area contributed by atoms with Gasteiger partial charge in [-0.2, -0.15) is 0 Å². The second-order valence-corrected chi connectivity index (χ2v) is 5.63. The lowest BCUT2D eigenvalue weighted by Gasteiger charge is -2.14. The fourth-order valence-corrected chi connectivity index (χ4v) is 2.94. The molecule has 1 heterocycles. The van der Waals surface area contributed by atoms with Crippen molar-refractivity contribution in [1.29, 1.82) is 0 Å². The van der Waals surface area contributed by atoms with Gasteiger partial charge in [-0.25, -0.2) is 0 Å². The molecular weight excluding hydrogens is 256 g/mol. The minimum atomic E-state index is 0.839. The van der Waals surface area contributed by atoms with Crippen LogP contribution in [-0.4, -0.2) is 4.98 Å². The van der Waals surface area contributed by atoms with Crippen LogP contribution in [0.15, 0.2) is 48.8 Å². The summed E-state index contributed by atoms with van der Waals surface area (Å²) in [6.45, 7) is 7.35. The van der Waals surface area contributed by atoms with E-state index in [-0.39, 0.29) is 0 Å². The summed E-state index contributed by atoms with van der Waals surface area (Å²) in [7, 11) is 0. The third-order valence-electron chi connectivity index (χ3n) is 3.98. The molecule has 21 heavy (non-hydrogen) atoms. The number of benzene rings is 2. The molecule has 0 unspecified atom stereocenters. The first kappa shape index (κ1) is 13.6. The number of rotatable bonds is 3. The Bertz CT molecular complexity index is 762. The number of fused-ring (bicyclic) bond motifs is 1. The highest BCUT2D eigenvalue weighted by atomic mass is 14.9. The SMILES string of the molecule is Cc1cc(C)c(CNc2cccc3ccncc23)c(C)c1. The quantitative estimate of drug-likeness (QED) is 0.745. The van der Waals surface area contributed by atoms with Crippen molar-refractivity contribution in [2.24, 2.45) is 0 Å². The number of aryl methyl sites for hydroxylation is 3. The summed E-state index contributed by atoms with van der Waals surface area (Å²) in [5.41, 5.74) is 6.53. The van der Waals surface area contributed by atoms with Gasteiger partial charge in [-0.3, -0.25) is 4.98 Å². The van der Waals surface area contributed by atoms with Crippen LogP contribution in [0.25, 0.3) is 10.8 Å². The van der Waals surface area contributed by atoms with E-state index < -0.39 is 0 Å². The zero-order chi connectivity index (χ0) is 14.8. The van der Waals surface area contributed by atoms with Gasteiger partial charge in [0.1, 0.15) is 0 Å². The first-order valence-electron chi connectivity index (χ1n) is 7.28. The summed E-state index contributed by atoms with van der Waals surface area (Å²) in [5.74, 6) is 0. The first-order valence-corrected chi connectivity index (χ1v) is 7.28. The predicted molar refractivity (Wildman–Crippen MR) is 89.7 cm³/mol. The lowest BCUT2D eigenvalue weighted by molar-refractivity contribution is 1.08. The molecule has 106 valence electrons. The van der Waals surface area contributed by atoms with Gasteiger partial charge in [-0.1, -0.05) is 29.8 Å². The first-order chi connectivity index (χ1) is 10.1. The molecule has 1 aromatic heterocycles. The second kappa shape index (κ2) is 5.57. The van der Waals surface area contributed by atoms with E-state index in [1.807, 2.05) is 18.5 Å².